The highest BCUT2D eigenvalue weighted by Gasteiger charge is 2.32. The van der Waals surface area contributed by atoms with Crippen LogP contribution in [0.25, 0.3) is 0 Å². The van der Waals surface area contributed by atoms with Crippen molar-refractivity contribution in [2.45, 2.75) is 26.7 Å². The normalized spacial score (nSPS) is 21.4. The Morgan fingerprint density at radius 1 is 1.47 bits per heavy atom. The number of rotatable bonds is 1. The van der Waals surface area contributed by atoms with Gasteiger partial charge in [0.15, 0.2) is 5.13 Å². The number of nitrogens with two attached hydrogens (primary N) is 1. The van der Waals surface area contributed by atoms with Gasteiger partial charge in [0.1, 0.15) is 7.11 Å². The van der Waals surface area contributed by atoms with E-state index in [1.807, 2.05) is 0 Å². The van der Waals surface area contributed by atoms with E-state index in [0.717, 1.165) is 29.1 Å². The molecule has 5 heteroatoms. The summed E-state index contributed by atoms with van der Waals surface area (Å²) < 4.78 is 0. The number of anilines is 1. The summed E-state index contributed by atoms with van der Waals surface area (Å²) in [5, 5.41) is 4.68. The molecule has 82 valence electrons. The third kappa shape index (κ3) is 1.97. The molecule has 0 atom stereocenters. The molecule has 0 aromatic carbocycles. The molecule has 1 aromatic rings. The predicted molar refractivity (Wildman–Crippen MR) is 62.2 cm³/mol. The van der Waals surface area contributed by atoms with E-state index < -0.39 is 0 Å². The molecule has 15 heavy (non-hydrogen) atoms. The lowest BCUT2D eigenvalue weighted by Gasteiger charge is -2.28. The molecular formula is C10H15N3OS. The van der Waals surface area contributed by atoms with Gasteiger partial charge in [-0.15, -0.1) is 0 Å². The largest absolute Gasteiger partial charge is 0.399 e. The highest BCUT2D eigenvalue weighted by Crippen LogP contribution is 2.38. The summed E-state index contributed by atoms with van der Waals surface area (Å²) in [6, 6.07) is 0. The third-order valence-electron chi connectivity index (χ3n) is 2.47. The van der Waals surface area contributed by atoms with Gasteiger partial charge in [0.25, 0.3) is 0 Å². The zero-order valence-electron chi connectivity index (χ0n) is 9.20. The molecule has 2 N–H and O–H groups in total. The van der Waals surface area contributed by atoms with Gasteiger partial charge in [0, 0.05) is 0 Å². The molecule has 0 radical (unpaired) electrons. The molecule has 1 aliphatic carbocycles. The lowest BCUT2D eigenvalue weighted by atomic mass is 9.78. The fourth-order valence-electron chi connectivity index (χ4n) is 1.95. The Labute approximate surface area is 93.1 Å². The van der Waals surface area contributed by atoms with Crippen molar-refractivity contribution in [1.29, 1.82) is 0 Å². The van der Waals surface area contributed by atoms with Gasteiger partial charge in [0.2, 0.25) is 0 Å². The summed E-state index contributed by atoms with van der Waals surface area (Å²) in [5.41, 5.74) is 7.93. The minimum Gasteiger partial charge on any atom is -0.399 e. The first-order chi connectivity index (χ1) is 7.02. The molecule has 1 aromatic heterocycles. The fourth-order valence-corrected chi connectivity index (χ4v) is 2.78. The van der Waals surface area contributed by atoms with Crippen molar-refractivity contribution >= 4 is 22.2 Å². The van der Waals surface area contributed by atoms with Crippen LogP contribution in [-0.2, 0) is 11.3 Å². The van der Waals surface area contributed by atoms with E-state index in [1.54, 1.807) is 7.11 Å². The van der Waals surface area contributed by atoms with Gasteiger partial charge in [-0.2, -0.15) is 0 Å². The molecule has 1 aliphatic rings. The SMILES string of the molecule is CO/N=C1/CC(C)(C)Cc2nc(N)sc21. The maximum absolute atomic E-state index is 5.72. The molecule has 0 bridgehead atoms. The minimum absolute atomic E-state index is 0.185. The number of nitrogen functional groups attached to an aromatic ring is 1. The van der Waals surface area contributed by atoms with E-state index in [0.29, 0.717) is 5.13 Å². The van der Waals surface area contributed by atoms with E-state index in [1.165, 1.54) is 11.3 Å². The summed E-state index contributed by atoms with van der Waals surface area (Å²) in [5.74, 6) is 0. The zero-order valence-corrected chi connectivity index (χ0v) is 10.0. The lowest BCUT2D eigenvalue weighted by molar-refractivity contribution is 0.210. The molecule has 2 rings (SSSR count). The smallest absolute Gasteiger partial charge is 0.180 e. The number of hydrogen-bond acceptors (Lipinski definition) is 5. The van der Waals surface area contributed by atoms with E-state index in [4.69, 9.17) is 10.6 Å². The highest BCUT2D eigenvalue weighted by molar-refractivity contribution is 7.17. The highest BCUT2D eigenvalue weighted by atomic mass is 32.1. The molecule has 1 heterocycles. The molecule has 4 nitrogen and oxygen atoms in total. The number of aromatic nitrogens is 1. The molecule has 0 fully saturated rings. The van der Waals surface area contributed by atoms with Crippen molar-refractivity contribution in [1.82, 2.24) is 4.98 Å². The van der Waals surface area contributed by atoms with Crippen molar-refractivity contribution in [2.24, 2.45) is 10.6 Å². The van der Waals surface area contributed by atoms with Crippen LogP contribution in [0.1, 0.15) is 30.8 Å². The Balaban J connectivity index is 2.47. The van der Waals surface area contributed by atoms with Gasteiger partial charge in [-0.05, 0) is 18.3 Å². The molecule has 0 saturated carbocycles. The fraction of sp³-hybridized carbons (Fsp3) is 0.600. The number of oxime groups is 1. The quantitative estimate of drug-likeness (QED) is 0.744. The maximum Gasteiger partial charge on any atom is 0.180 e. The number of thiazole rings is 1. The number of nitrogens with zero attached hydrogens (tertiary/aromatic N) is 2. The second-order valence-electron chi connectivity index (χ2n) is 4.57. The van der Waals surface area contributed by atoms with Crippen molar-refractivity contribution in [3.63, 3.8) is 0 Å². The third-order valence-corrected chi connectivity index (χ3v) is 3.45. The second-order valence-corrected chi connectivity index (χ2v) is 5.60. The standard InChI is InChI=1S/C10H15N3OS/c1-10(2)4-6-8(15-9(11)12-6)7(5-10)13-14-3/h4-5H2,1-3H3,(H2,11,12)/b13-7-. The average molecular weight is 225 g/mol. The van der Waals surface area contributed by atoms with Crippen LogP contribution < -0.4 is 5.73 Å². The molecule has 0 spiro atoms. The van der Waals surface area contributed by atoms with Gasteiger partial charge in [-0.1, -0.05) is 30.3 Å². The van der Waals surface area contributed by atoms with Gasteiger partial charge in [-0.25, -0.2) is 4.98 Å². The molecular weight excluding hydrogens is 210 g/mol. The Morgan fingerprint density at radius 2 is 2.20 bits per heavy atom. The van der Waals surface area contributed by atoms with Crippen molar-refractivity contribution < 1.29 is 4.84 Å². The van der Waals surface area contributed by atoms with Crippen LogP contribution in [0.5, 0.6) is 0 Å². The Hall–Kier alpha value is -1.10. The minimum atomic E-state index is 0.185. The second kappa shape index (κ2) is 3.48. The topological polar surface area (TPSA) is 60.5 Å². The summed E-state index contributed by atoms with van der Waals surface area (Å²) in [6.45, 7) is 4.41. The summed E-state index contributed by atoms with van der Waals surface area (Å²) >= 11 is 1.49. The van der Waals surface area contributed by atoms with Crippen LogP contribution in [0.3, 0.4) is 0 Å². The van der Waals surface area contributed by atoms with E-state index in [9.17, 15) is 0 Å². The van der Waals surface area contributed by atoms with Gasteiger partial charge in [0.05, 0.1) is 16.3 Å². The van der Waals surface area contributed by atoms with Crippen molar-refractivity contribution in [3.05, 3.63) is 10.6 Å². The van der Waals surface area contributed by atoms with E-state index in [2.05, 4.69) is 24.0 Å². The molecule has 0 saturated heterocycles. The number of fused-ring (bicyclic) bond motifs is 1. The number of hydrogen-bond donors (Lipinski definition) is 1. The Kier molecular flexibility index (Phi) is 2.42. The maximum atomic E-state index is 5.72. The monoisotopic (exact) mass is 225 g/mol. The van der Waals surface area contributed by atoms with Crippen LogP contribution in [-0.4, -0.2) is 17.8 Å². The van der Waals surface area contributed by atoms with Gasteiger partial charge >= 0.3 is 0 Å². The average Bonchev–Trinajstić information content (AvgIpc) is 2.44. The first-order valence-corrected chi connectivity index (χ1v) is 5.69. The lowest BCUT2D eigenvalue weighted by Crippen LogP contribution is -2.26. The van der Waals surface area contributed by atoms with Gasteiger partial charge < -0.3 is 10.6 Å². The molecule has 0 amide bonds. The van der Waals surface area contributed by atoms with Crippen LogP contribution in [0, 0.1) is 5.41 Å². The van der Waals surface area contributed by atoms with Crippen molar-refractivity contribution in [2.75, 3.05) is 12.8 Å². The van der Waals surface area contributed by atoms with Crippen LogP contribution >= 0.6 is 11.3 Å². The summed E-state index contributed by atoms with van der Waals surface area (Å²) in [7, 11) is 1.57. The molecule has 0 aliphatic heterocycles. The Morgan fingerprint density at radius 3 is 2.87 bits per heavy atom. The van der Waals surface area contributed by atoms with E-state index in [-0.39, 0.29) is 5.41 Å². The Bertz CT molecular complexity index is 409. The summed E-state index contributed by atoms with van der Waals surface area (Å²) in [4.78, 5) is 10.3. The van der Waals surface area contributed by atoms with E-state index >= 15 is 0 Å². The van der Waals surface area contributed by atoms with Gasteiger partial charge in [-0.3, -0.25) is 0 Å². The first-order valence-electron chi connectivity index (χ1n) is 4.87. The molecule has 0 unspecified atom stereocenters. The van der Waals surface area contributed by atoms with Crippen LogP contribution in [0.15, 0.2) is 5.16 Å². The summed E-state index contributed by atoms with van der Waals surface area (Å²) in [6.07, 6.45) is 1.87. The van der Waals surface area contributed by atoms with Crippen LogP contribution in [0.2, 0.25) is 0 Å². The first kappa shape index (κ1) is 10.4. The van der Waals surface area contributed by atoms with Crippen molar-refractivity contribution in [3.8, 4) is 0 Å². The predicted octanol–water partition coefficient (Wildman–Crippen LogP) is 2.05. The zero-order chi connectivity index (χ0) is 11.1. The van der Waals surface area contributed by atoms with Crippen LogP contribution in [0.4, 0.5) is 5.13 Å².